The van der Waals surface area contributed by atoms with Crippen LogP contribution >= 0.6 is 0 Å². The maximum absolute atomic E-state index is 9.60. The third-order valence-corrected chi connectivity index (χ3v) is 0.402. The predicted octanol–water partition coefficient (Wildman–Crippen LogP) is 0.793. The van der Waals surface area contributed by atoms with Gasteiger partial charge in [0.25, 0.3) is 6.47 Å². The number of ether oxygens (including phenoxy) is 1. The Hall–Kier alpha value is -0.570. The van der Waals surface area contributed by atoms with Gasteiger partial charge >= 0.3 is 0 Å². The molecule has 1 N–H and O–H groups in total. The second-order valence-electron chi connectivity index (χ2n) is 2.83. The van der Waals surface area contributed by atoms with Gasteiger partial charge in [0.2, 0.25) is 0 Å². The van der Waals surface area contributed by atoms with Gasteiger partial charge in [0, 0.05) is 0 Å². The van der Waals surface area contributed by atoms with Crippen molar-refractivity contribution in [3.63, 3.8) is 0 Å². The van der Waals surface area contributed by atoms with Crippen molar-refractivity contribution >= 4 is 6.47 Å². The average Bonchev–Trinajstić information content (AvgIpc) is 1.63. The Morgan fingerprint density at radius 1 is 1.30 bits per heavy atom. The summed E-state index contributed by atoms with van der Waals surface area (Å²) in [7, 11) is 3.75. The van der Waals surface area contributed by atoms with E-state index in [1.807, 2.05) is 34.9 Å². The molecule has 0 bridgehead atoms. The Bertz CT molecular complexity index is 76.2. The van der Waals surface area contributed by atoms with Crippen molar-refractivity contribution in [2.75, 3.05) is 14.1 Å². The Morgan fingerprint density at radius 3 is 1.60 bits per heavy atom. The summed E-state index contributed by atoms with van der Waals surface area (Å²) in [4.78, 5) is 9.60. The molecular weight excluding hydrogens is 130 g/mol. The van der Waals surface area contributed by atoms with Crippen LogP contribution in [-0.4, -0.2) is 26.2 Å². The zero-order valence-electron chi connectivity index (χ0n) is 7.39. The molecule has 0 atom stereocenters. The largest absolute Gasteiger partial charge is 0.462 e. The van der Waals surface area contributed by atoms with Gasteiger partial charge in [-0.2, -0.15) is 0 Å². The molecule has 10 heavy (non-hydrogen) atoms. The molecule has 0 fully saturated rings. The minimum atomic E-state index is -0.318. The molecule has 0 spiro atoms. The minimum absolute atomic E-state index is 0.318. The van der Waals surface area contributed by atoms with Crippen molar-refractivity contribution in [1.82, 2.24) is 5.32 Å². The first-order chi connectivity index (χ1) is 4.47. The van der Waals surface area contributed by atoms with Gasteiger partial charge in [0.15, 0.2) is 0 Å². The van der Waals surface area contributed by atoms with E-state index < -0.39 is 0 Å². The van der Waals surface area contributed by atoms with E-state index in [1.165, 1.54) is 0 Å². The van der Waals surface area contributed by atoms with Gasteiger partial charge in [-0.3, -0.25) is 4.79 Å². The van der Waals surface area contributed by atoms with Crippen LogP contribution in [-0.2, 0) is 9.53 Å². The second kappa shape index (κ2) is 6.55. The summed E-state index contributed by atoms with van der Waals surface area (Å²) in [5.74, 6) is 0. The zero-order valence-corrected chi connectivity index (χ0v) is 7.39. The Morgan fingerprint density at radius 2 is 1.60 bits per heavy atom. The highest BCUT2D eigenvalue weighted by atomic mass is 16.5. The van der Waals surface area contributed by atoms with Crippen molar-refractivity contribution < 1.29 is 9.53 Å². The van der Waals surface area contributed by atoms with Crippen LogP contribution in [0.5, 0.6) is 0 Å². The van der Waals surface area contributed by atoms with Gasteiger partial charge in [0.1, 0.15) is 5.60 Å². The van der Waals surface area contributed by atoms with E-state index in [1.54, 1.807) is 0 Å². The molecule has 0 aliphatic carbocycles. The molecule has 0 aromatic rings. The summed E-state index contributed by atoms with van der Waals surface area (Å²) in [6.07, 6.45) is 0. The fraction of sp³-hybridized carbons (Fsp3) is 0.857. The lowest BCUT2D eigenvalue weighted by atomic mass is 10.2. The molecule has 0 amide bonds. The molecule has 0 unspecified atom stereocenters. The fourth-order valence-electron chi connectivity index (χ4n) is 0.144. The van der Waals surface area contributed by atoms with Gasteiger partial charge in [-0.25, -0.2) is 0 Å². The smallest absolute Gasteiger partial charge is 0.293 e. The fourth-order valence-corrected chi connectivity index (χ4v) is 0.144. The summed E-state index contributed by atoms with van der Waals surface area (Å²) in [6, 6.07) is 0. The molecule has 0 aliphatic rings. The van der Waals surface area contributed by atoms with Crippen LogP contribution in [0.25, 0.3) is 0 Å². The molecule has 0 radical (unpaired) electrons. The molecule has 0 saturated carbocycles. The van der Waals surface area contributed by atoms with Crippen LogP contribution in [0.15, 0.2) is 0 Å². The minimum Gasteiger partial charge on any atom is -0.462 e. The summed E-state index contributed by atoms with van der Waals surface area (Å²) in [5.41, 5.74) is -0.318. The van der Waals surface area contributed by atoms with E-state index in [0.717, 1.165) is 0 Å². The lowest BCUT2D eigenvalue weighted by molar-refractivity contribution is -0.138. The van der Waals surface area contributed by atoms with Crippen molar-refractivity contribution in [3.05, 3.63) is 0 Å². The maximum atomic E-state index is 9.60. The van der Waals surface area contributed by atoms with Gasteiger partial charge in [-0.05, 0) is 34.9 Å². The lowest BCUT2D eigenvalue weighted by Crippen LogP contribution is -2.17. The van der Waals surface area contributed by atoms with Crippen LogP contribution in [0.3, 0.4) is 0 Å². The first-order valence-electron chi connectivity index (χ1n) is 3.18. The van der Waals surface area contributed by atoms with Crippen LogP contribution in [0, 0.1) is 0 Å². The Balaban J connectivity index is 0. The topological polar surface area (TPSA) is 38.3 Å². The number of carbonyl (C=O) groups excluding carboxylic acids is 1. The van der Waals surface area contributed by atoms with Crippen LogP contribution in [0.4, 0.5) is 0 Å². The molecule has 0 saturated heterocycles. The number of hydrogen-bond donors (Lipinski definition) is 1. The molecule has 0 aliphatic heterocycles. The van der Waals surface area contributed by atoms with Crippen molar-refractivity contribution in [3.8, 4) is 0 Å². The molecule has 0 rings (SSSR count). The summed E-state index contributed by atoms with van der Waals surface area (Å²) in [5, 5.41) is 2.75. The first kappa shape index (κ1) is 12.1. The Labute approximate surface area is 62.8 Å². The highest BCUT2D eigenvalue weighted by molar-refractivity contribution is 5.37. The Kier molecular flexibility index (Phi) is 7.95. The van der Waals surface area contributed by atoms with E-state index in [9.17, 15) is 4.79 Å². The summed E-state index contributed by atoms with van der Waals surface area (Å²) in [6.45, 7) is 5.92. The van der Waals surface area contributed by atoms with E-state index in [-0.39, 0.29) is 5.60 Å². The van der Waals surface area contributed by atoms with Crippen LogP contribution in [0.2, 0.25) is 0 Å². The van der Waals surface area contributed by atoms with Gasteiger partial charge in [-0.1, -0.05) is 0 Å². The van der Waals surface area contributed by atoms with Crippen LogP contribution < -0.4 is 5.32 Å². The quantitative estimate of drug-likeness (QED) is 0.557. The normalized spacial score (nSPS) is 9.30. The van der Waals surface area contributed by atoms with E-state index in [2.05, 4.69) is 10.1 Å². The molecule has 62 valence electrons. The van der Waals surface area contributed by atoms with E-state index >= 15 is 0 Å². The third-order valence-electron chi connectivity index (χ3n) is 0.402. The number of nitrogens with one attached hydrogen (secondary N) is 1. The standard InChI is InChI=1S/C5H10O2.C2H7N/c1-5(2,3)7-4-6;1-3-2/h4H,1-3H3;3H,1-2H3. The summed E-state index contributed by atoms with van der Waals surface area (Å²) >= 11 is 0. The van der Waals surface area contributed by atoms with E-state index in [0.29, 0.717) is 6.47 Å². The summed E-state index contributed by atoms with van der Waals surface area (Å²) < 4.78 is 4.55. The number of hydrogen-bond acceptors (Lipinski definition) is 3. The second-order valence-corrected chi connectivity index (χ2v) is 2.83. The van der Waals surface area contributed by atoms with Gasteiger partial charge < -0.3 is 10.1 Å². The zero-order chi connectivity index (χ0) is 8.62. The maximum Gasteiger partial charge on any atom is 0.293 e. The number of rotatable bonds is 1. The number of carbonyl (C=O) groups is 1. The highest BCUT2D eigenvalue weighted by Crippen LogP contribution is 2.02. The van der Waals surface area contributed by atoms with Gasteiger partial charge in [0.05, 0.1) is 0 Å². The molecule has 0 aromatic heterocycles. The van der Waals surface area contributed by atoms with Crippen LogP contribution in [0.1, 0.15) is 20.8 Å². The van der Waals surface area contributed by atoms with Crippen molar-refractivity contribution in [2.45, 2.75) is 26.4 Å². The molecule has 3 nitrogen and oxygen atoms in total. The SMILES string of the molecule is CC(C)(C)OC=O.CNC. The van der Waals surface area contributed by atoms with Gasteiger partial charge in [-0.15, -0.1) is 0 Å². The van der Waals surface area contributed by atoms with Crippen molar-refractivity contribution in [2.24, 2.45) is 0 Å². The predicted molar refractivity (Wildman–Crippen MR) is 41.9 cm³/mol. The average molecular weight is 147 g/mol. The molecule has 0 aromatic carbocycles. The van der Waals surface area contributed by atoms with Crippen molar-refractivity contribution in [1.29, 1.82) is 0 Å². The van der Waals surface area contributed by atoms with E-state index in [4.69, 9.17) is 0 Å². The molecule has 0 heterocycles. The molecule has 3 heteroatoms. The molecular formula is C7H17NO2. The highest BCUT2D eigenvalue weighted by Gasteiger charge is 2.07. The third kappa shape index (κ3) is 26.1. The monoisotopic (exact) mass is 147 g/mol. The first-order valence-corrected chi connectivity index (χ1v) is 3.18. The lowest BCUT2D eigenvalue weighted by Gasteiger charge is -2.14.